The van der Waals surface area contributed by atoms with Gasteiger partial charge in [-0.3, -0.25) is 14.3 Å². The number of aromatic nitrogens is 3. The molecular formula is C14H18N4O2. The molecule has 6 nitrogen and oxygen atoms in total. The van der Waals surface area contributed by atoms with Crippen molar-refractivity contribution in [2.24, 2.45) is 0 Å². The number of H-pyrrole nitrogens is 1. The van der Waals surface area contributed by atoms with Gasteiger partial charge in [0.1, 0.15) is 5.69 Å². The predicted molar refractivity (Wildman–Crippen MR) is 75.7 cm³/mol. The van der Waals surface area contributed by atoms with Crippen LogP contribution >= 0.6 is 0 Å². The van der Waals surface area contributed by atoms with Crippen LogP contribution in [0.5, 0.6) is 0 Å². The first-order valence-electron chi connectivity index (χ1n) is 6.58. The van der Waals surface area contributed by atoms with Crippen LogP contribution in [0.3, 0.4) is 0 Å². The molecule has 0 aliphatic carbocycles. The Kier molecular flexibility index (Phi) is 4.34. The number of carbonyl (C=O) groups excluding carboxylic acids is 1. The normalized spacial score (nSPS) is 10.8. The minimum atomic E-state index is -0.158. The lowest BCUT2D eigenvalue weighted by atomic mass is 10.2. The third-order valence-electron chi connectivity index (χ3n) is 2.90. The number of amides is 1. The number of hydrogen-bond donors (Lipinski definition) is 2. The zero-order valence-electron chi connectivity index (χ0n) is 11.6. The fourth-order valence-corrected chi connectivity index (χ4v) is 1.95. The Bertz CT molecular complexity index is 642. The standard InChI is InChI=1S/C14H18N4O2/c1-10(2)18-12(7-9-16-18)14(20)15-8-6-11-4-3-5-13(19)17-11/h3-5,7,9-10H,6,8H2,1-2H3,(H,15,20)(H,17,19). The molecule has 0 aliphatic rings. The van der Waals surface area contributed by atoms with Crippen LogP contribution in [0, 0.1) is 0 Å². The quantitative estimate of drug-likeness (QED) is 0.857. The van der Waals surface area contributed by atoms with Crippen LogP contribution in [-0.4, -0.2) is 27.2 Å². The molecule has 2 heterocycles. The van der Waals surface area contributed by atoms with Crippen molar-refractivity contribution in [1.82, 2.24) is 20.1 Å². The van der Waals surface area contributed by atoms with Gasteiger partial charge in [-0.25, -0.2) is 0 Å². The van der Waals surface area contributed by atoms with Crippen molar-refractivity contribution in [3.63, 3.8) is 0 Å². The molecule has 0 fully saturated rings. The fourth-order valence-electron chi connectivity index (χ4n) is 1.95. The molecule has 0 aliphatic heterocycles. The average molecular weight is 274 g/mol. The van der Waals surface area contributed by atoms with E-state index in [9.17, 15) is 9.59 Å². The minimum Gasteiger partial charge on any atom is -0.350 e. The average Bonchev–Trinajstić information content (AvgIpc) is 2.88. The summed E-state index contributed by atoms with van der Waals surface area (Å²) in [6.45, 7) is 4.40. The van der Waals surface area contributed by atoms with Crippen molar-refractivity contribution in [2.45, 2.75) is 26.3 Å². The van der Waals surface area contributed by atoms with Gasteiger partial charge in [0.25, 0.3) is 5.91 Å². The Morgan fingerprint density at radius 2 is 2.20 bits per heavy atom. The molecule has 1 amide bonds. The second-order valence-corrected chi connectivity index (χ2v) is 4.80. The SMILES string of the molecule is CC(C)n1nccc1C(=O)NCCc1cccc(=O)[nH]1. The van der Waals surface area contributed by atoms with E-state index in [-0.39, 0.29) is 17.5 Å². The lowest BCUT2D eigenvalue weighted by molar-refractivity contribution is 0.0941. The number of pyridine rings is 1. The molecule has 0 aromatic carbocycles. The summed E-state index contributed by atoms with van der Waals surface area (Å²) in [6.07, 6.45) is 2.20. The van der Waals surface area contributed by atoms with Crippen LogP contribution in [0.2, 0.25) is 0 Å². The van der Waals surface area contributed by atoms with Gasteiger partial charge in [0.15, 0.2) is 0 Å². The summed E-state index contributed by atoms with van der Waals surface area (Å²) in [7, 11) is 0. The van der Waals surface area contributed by atoms with E-state index in [1.54, 1.807) is 23.0 Å². The molecule has 20 heavy (non-hydrogen) atoms. The molecule has 0 unspecified atom stereocenters. The smallest absolute Gasteiger partial charge is 0.269 e. The summed E-state index contributed by atoms with van der Waals surface area (Å²) in [5, 5.41) is 6.95. The van der Waals surface area contributed by atoms with E-state index in [2.05, 4.69) is 15.4 Å². The van der Waals surface area contributed by atoms with Gasteiger partial charge in [0, 0.05) is 37.0 Å². The lowest BCUT2D eigenvalue weighted by Gasteiger charge is -2.11. The number of nitrogens with zero attached hydrogens (tertiary/aromatic N) is 2. The van der Waals surface area contributed by atoms with Gasteiger partial charge in [0.05, 0.1) is 0 Å². The van der Waals surface area contributed by atoms with Crippen molar-refractivity contribution in [1.29, 1.82) is 0 Å². The van der Waals surface area contributed by atoms with E-state index < -0.39 is 0 Å². The van der Waals surface area contributed by atoms with Crippen molar-refractivity contribution in [3.05, 3.63) is 52.2 Å². The van der Waals surface area contributed by atoms with E-state index in [1.807, 2.05) is 19.9 Å². The van der Waals surface area contributed by atoms with Gasteiger partial charge in [-0.2, -0.15) is 5.10 Å². The van der Waals surface area contributed by atoms with Gasteiger partial charge >= 0.3 is 0 Å². The van der Waals surface area contributed by atoms with Gasteiger partial charge in [-0.05, 0) is 26.0 Å². The number of hydrogen-bond acceptors (Lipinski definition) is 3. The third kappa shape index (κ3) is 3.34. The number of nitrogens with one attached hydrogen (secondary N) is 2. The van der Waals surface area contributed by atoms with Crippen LogP contribution in [0.1, 0.15) is 36.1 Å². The second kappa shape index (κ2) is 6.18. The number of carbonyl (C=O) groups is 1. The first kappa shape index (κ1) is 14.0. The Labute approximate surface area is 116 Å². The molecule has 106 valence electrons. The molecule has 0 radical (unpaired) electrons. The van der Waals surface area contributed by atoms with Crippen LogP contribution in [0.4, 0.5) is 0 Å². The molecule has 2 aromatic rings. The van der Waals surface area contributed by atoms with E-state index in [0.717, 1.165) is 5.69 Å². The maximum Gasteiger partial charge on any atom is 0.269 e. The van der Waals surface area contributed by atoms with Crippen LogP contribution in [0.15, 0.2) is 35.3 Å². The lowest BCUT2D eigenvalue weighted by Crippen LogP contribution is -2.29. The molecule has 2 rings (SSSR count). The topological polar surface area (TPSA) is 79.8 Å². The van der Waals surface area contributed by atoms with Crippen molar-refractivity contribution in [3.8, 4) is 0 Å². The Morgan fingerprint density at radius 3 is 2.90 bits per heavy atom. The van der Waals surface area contributed by atoms with Crippen LogP contribution in [-0.2, 0) is 6.42 Å². The van der Waals surface area contributed by atoms with Gasteiger partial charge < -0.3 is 10.3 Å². The van der Waals surface area contributed by atoms with E-state index in [0.29, 0.717) is 18.7 Å². The highest BCUT2D eigenvalue weighted by molar-refractivity contribution is 5.92. The summed E-state index contributed by atoms with van der Waals surface area (Å²) in [6, 6.07) is 6.81. The highest BCUT2D eigenvalue weighted by Crippen LogP contribution is 2.07. The molecular weight excluding hydrogens is 256 g/mol. The summed E-state index contributed by atoms with van der Waals surface area (Å²) in [5.74, 6) is -0.158. The van der Waals surface area contributed by atoms with E-state index >= 15 is 0 Å². The van der Waals surface area contributed by atoms with Crippen molar-refractivity contribution in [2.75, 3.05) is 6.54 Å². The molecule has 2 N–H and O–H groups in total. The maximum absolute atomic E-state index is 12.0. The summed E-state index contributed by atoms with van der Waals surface area (Å²) >= 11 is 0. The second-order valence-electron chi connectivity index (χ2n) is 4.80. The Balaban J connectivity index is 1.92. The Hall–Kier alpha value is -2.37. The Morgan fingerprint density at radius 1 is 1.40 bits per heavy atom. The van der Waals surface area contributed by atoms with Crippen LogP contribution < -0.4 is 10.9 Å². The monoisotopic (exact) mass is 274 g/mol. The molecule has 0 saturated carbocycles. The predicted octanol–water partition coefficient (Wildman–Crippen LogP) is 1.12. The summed E-state index contributed by atoms with van der Waals surface area (Å²) < 4.78 is 1.68. The third-order valence-corrected chi connectivity index (χ3v) is 2.90. The molecule has 2 aromatic heterocycles. The summed E-state index contributed by atoms with van der Waals surface area (Å²) in [4.78, 5) is 25.9. The first-order chi connectivity index (χ1) is 9.58. The summed E-state index contributed by atoms with van der Waals surface area (Å²) in [5.41, 5.74) is 1.21. The van der Waals surface area contributed by atoms with Crippen molar-refractivity contribution < 1.29 is 4.79 Å². The molecule has 0 spiro atoms. The zero-order valence-corrected chi connectivity index (χ0v) is 11.6. The zero-order chi connectivity index (χ0) is 14.5. The largest absolute Gasteiger partial charge is 0.350 e. The van der Waals surface area contributed by atoms with Gasteiger partial charge in [-0.15, -0.1) is 0 Å². The molecule has 6 heteroatoms. The van der Waals surface area contributed by atoms with E-state index in [1.165, 1.54) is 6.07 Å². The van der Waals surface area contributed by atoms with Gasteiger partial charge in [0.2, 0.25) is 5.56 Å². The molecule has 0 saturated heterocycles. The van der Waals surface area contributed by atoms with Crippen LogP contribution in [0.25, 0.3) is 0 Å². The highest BCUT2D eigenvalue weighted by Gasteiger charge is 2.13. The maximum atomic E-state index is 12.0. The first-order valence-corrected chi connectivity index (χ1v) is 6.58. The number of rotatable bonds is 5. The number of aromatic amines is 1. The highest BCUT2D eigenvalue weighted by atomic mass is 16.2. The van der Waals surface area contributed by atoms with E-state index in [4.69, 9.17) is 0 Å². The fraction of sp³-hybridized carbons (Fsp3) is 0.357. The molecule has 0 bridgehead atoms. The van der Waals surface area contributed by atoms with Gasteiger partial charge in [-0.1, -0.05) is 6.07 Å². The van der Waals surface area contributed by atoms with Crippen molar-refractivity contribution >= 4 is 5.91 Å². The minimum absolute atomic E-state index is 0.133. The molecule has 0 atom stereocenters.